The number of carbonyl (C=O) groups is 2. The van der Waals surface area contributed by atoms with E-state index in [1.807, 2.05) is 36.4 Å². The smallest absolute Gasteiger partial charge is 0.258 e. The van der Waals surface area contributed by atoms with Gasteiger partial charge in [-0.2, -0.15) is 5.26 Å². The molecule has 0 fully saturated rings. The van der Waals surface area contributed by atoms with E-state index in [-0.39, 0.29) is 24.9 Å². The molecule has 0 atom stereocenters. The normalized spacial score (nSPS) is 12.0. The summed E-state index contributed by atoms with van der Waals surface area (Å²) in [5, 5.41) is 16.0. The fraction of sp³-hybridized carbons (Fsp3) is 0.206. The average Bonchev–Trinajstić information content (AvgIpc) is 3.05. The van der Waals surface area contributed by atoms with E-state index >= 15 is 0 Å². The number of hydrogen-bond donors (Lipinski definition) is 2. The third-order valence-electron chi connectivity index (χ3n) is 7.37. The van der Waals surface area contributed by atoms with Crippen LogP contribution in [-0.2, 0) is 26.1 Å². The minimum absolute atomic E-state index is 0.195. The molecule has 0 bridgehead atoms. The summed E-state index contributed by atoms with van der Waals surface area (Å²) in [5.74, 6) is 0.538. The van der Waals surface area contributed by atoms with Crippen molar-refractivity contribution in [1.29, 1.82) is 5.26 Å². The highest BCUT2D eigenvalue weighted by molar-refractivity contribution is 6.06. The van der Waals surface area contributed by atoms with E-state index in [1.165, 1.54) is 19.8 Å². The fourth-order valence-electron chi connectivity index (χ4n) is 5.08. The second-order valence-electron chi connectivity index (χ2n) is 9.99. The lowest BCUT2D eigenvalue weighted by Crippen LogP contribution is -2.32. The van der Waals surface area contributed by atoms with Crippen molar-refractivity contribution >= 4 is 17.5 Å². The third kappa shape index (κ3) is 6.27. The Hall–Kier alpha value is -5.13. The number of carbonyl (C=O) groups excluding carboxylic acids is 2. The molecule has 42 heavy (non-hydrogen) atoms. The Morgan fingerprint density at radius 2 is 1.74 bits per heavy atom. The van der Waals surface area contributed by atoms with Crippen molar-refractivity contribution in [2.75, 3.05) is 25.7 Å². The number of fused-ring (bicyclic) bond motifs is 1. The minimum atomic E-state index is -0.273. The van der Waals surface area contributed by atoms with Gasteiger partial charge in [0.1, 0.15) is 0 Å². The zero-order valence-corrected chi connectivity index (χ0v) is 23.6. The Balaban J connectivity index is 1.39. The van der Waals surface area contributed by atoms with Gasteiger partial charge in [-0.15, -0.1) is 0 Å². The van der Waals surface area contributed by atoms with Crippen LogP contribution >= 0.6 is 0 Å². The van der Waals surface area contributed by atoms with E-state index in [9.17, 15) is 14.9 Å². The summed E-state index contributed by atoms with van der Waals surface area (Å²) in [6.45, 7) is 2.15. The molecule has 0 radical (unpaired) electrons. The predicted octanol–water partition coefficient (Wildman–Crippen LogP) is 5.00. The highest BCUT2D eigenvalue weighted by Gasteiger charge is 2.22. The maximum Gasteiger partial charge on any atom is 0.258 e. The largest absolute Gasteiger partial charge is 0.493 e. The van der Waals surface area contributed by atoms with Gasteiger partial charge in [-0.3, -0.25) is 9.59 Å². The van der Waals surface area contributed by atoms with Gasteiger partial charge in [-0.05, 0) is 83.8 Å². The Bertz CT molecular complexity index is 1660. The number of nitrogens with one attached hydrogen (secondary N) is 2. The number of rotatable bonds is 9. The van der Waals surface area contributed by atoms with Crippen molar-refractivity contribution in [3.05, 3.63) is 124 Å². The SMILES string of the molecule is COc1ccc(C(=O)NCc2cccc(C(=O)N(Cc3ccccc3C#N)c3ccc4c(c3)CNCC4)c2)cc1OC. The molecule has 2 N–H and O–H groups in total. The maximum absolute atomic E-state index is 14.1. The first-order valence-electron chi connectivity index (χ1n) is 13.7. The molecule has 0 aliphatic carbocycles. The second kappa shape index (κ2) is 13.0. The topological polar surface area (TPSA) is 104 Å². The summed E-state index contributed by atoms with van der Waals surface area (Å²) >= 11 is 0. The summed E-state index contributed by atoms with van der Waals surface area (Å²) in [4.78, 5) is 28.7. The summed E-state index contributed by atoms with van der Waals surface area (Å²) in [6.07, 6.45) is 0.942. The first kappa shape index (κ1) is 28.4. The standard InChI is InChI=1S/C34H32N4O4/c1-41-31-13-11-25(18-32(31)42-2)33(39)37-20-23-6-5-9-26(16-23)34(40)38(22-28-8-4-3-7-27(28)19-35)30-12-10-24-14-15-36-21-29(24)17-30/h3-13,16-18,36H,14-15,20-22H2,1-2H3,(H,37,39). The highest BCUT2D eigenvalue weighted by atomic mass is 16.5. The summed E-state index contributed by atoms with van der Waals surface area (Å²) in [7, 11) is 3.06. The van der Waals surface area contributed by atoms with Crippen LogP contribution in [0.15, 0.2) is 84.9 Å². The lowest BCUT2D eigenvalue weighted by atomic mass is 9.99. The monoisotopic (exact) mass is 560 g/mol. The predicted molar refractivity (Wildman–Crippen MR) is 161 cm³/mol. The zero-order valence-electron chi connectivity index (χ0n) is 23.6. The number of amides is 2. The molecule has 0 unspecified atom stereocenters. The summed E-state index contributed by atoms with van der Waals surface area (Å²) < 4.78 is 10.6. The first-order valence-corrected chi connectivity index (χ1v) is 13.7. The molecule has 0 saturated heterocycles. The number of nitrogens with zero attached hydrogens (tertiary/aromatic N) is 2. The number of anilines is 1. The number of hydrogen-bond acceptors (Lipinski definition) is 6. The van der Waals surface area contributed by atoms with Crippen LogP contribution in [0, 0.1) is 11.3 Å². The van der Waals surface area contributed by atoms with Crippen LogP contribution in [0.25, 0.3) is 0 Å². The lowest BCUT2D eigenvalue weighted by molar-refractivity contribution is 0.0949. The van der Waals surface area contributed by atoms with E-state index < -0.39 is 0 Å². The molecular formula is C34H32N4O4. The zero-order chi connectivity index (χ0) is 29.5. The van der Waals surface area contributed by atoms with Crippen LogP contribution < -0.4 is 25.0 Å². The van der Waals surface area contributed by atoms with Gasteiger partial charge in [-0.25, -0.2) is 0 Å². The molecule has 2 amide bonds. The van der Waals surface area contributed by atoms with E-state index in [1.54, 1.807) is 41.3 Å². The van der Waals surface area contributed by atoms with Crippen LogP contribution in [-0.4, -0.2) is 32.6 Å². The molecule has 0 saturated carbocycles. The Morgan fingerprint density at radius 1 is 0.905 bits per heavy atom. The Morgan fingerprint density at radius 3 is 2.55 bits per heavy atom. The molecule has 8 nitrogen and oxygen atoms in total. The van der Waals surface area contributed by atoms with Crippen molar-refractivity contribution < 1.29 is 19.1 Å². The van der Waals surface area contributed by atoms with Gasteiger partial charge < -0.3 is 25.0 Å². The van der Waals surface area contributed by atoms with Gasteiger partial charge in [0.2, 0.25) is 0 Å². The minimum Gasteiger partial charge on any atom is -0.493 e. The first-order chi connectivity index (χ1) is 20.5. The number of benzene rings is 4. The number of ether oxygens (including phenoxy) is 2. The Kier molecular flexibility index (Phi) is 8.81. The van der Waals surface area contributed by atoms with Crippen LogP contribution in [0.3, 0.4) is 0 Å². The fourth-order valence-corrected chi connectivity index (χ4v) is 5.08. The highest BCUT2D eigenvalue weighted by Crippen LogP contribution is 2.28. The number of methoxy groups -OCH3 is 2. The van der Waals surface area contributed by atoms with Gasteiger partial charge in [0.25, 0.3) is 11.8 Å². The molecule has 1 aliphatic heterocycles. The van der Waals surface area contributed by atoms with Crippen molar-refractivity contribution in [3.8, 4) is 17.6 Å². The summed E-state index contributed by atoms with van der Waals surface area (Å²) in [5.41, 5.74) is 6.20. The van der Waals surface area contributed by atoms with Crippen LogP contribution in [0.2, 0.25) is 0 Å². The molecule has 1 heterocycles. The maximum atomic E-state index is 14.1. The van der Waals surface area contributed by atoms with Crippen molar-refractivity contribution in [3.63, 3.8) is 0 Å². The van der Waals surface area contributed by atoms with Crippen LogP contribution in [0.4, 0.5) is 5.69 Å². The average molecular weight is 561 g/mol. The Labute approximate surface area is 245 Å². The van der Waals surface area contributed by atoms with E-state index in [2.05, 4.69) is 28.8 Å². The molecule has 0 aromatic heterocycles. The molecule has 5 rings (SSSR count). The third-order valence-corrected chi connectivity index (χ3v) is 7.37. The number of nitriles is 1. The molecule has 212 valence electrons. The molecule has 4 aromatic carbocycles. The van der Waals surface area contributed by atoms with Gasteiger partial charge in [0.15, 0.2) is 11.5 Å². The van der Waals surface area contributed by atoms with E-state index in [0.29, 0.717) is 28.2 Å². The van der Waals surface area contributed by atoms with Crippen molar-refractivity contribution in [2.24, 2.45) is 0 Å². The van der Waals surface area contributed by atoms with Crippen LogP contribution in [0.1, 0.15) is 48.5 Å². The second-order valence-corrected chi connectivity index (χ2v) is 9.99. The van der Waals surface area contributed by atoms with Gasteiger partial charge in [-0.1, -0.05) is 36.4 Å². The van der Waals surface area contributed by atoms with Gasteiger partial charge >= 0.3 is 0 Å². The molecule has 1 aliphatic rings. The van der Waals surface area contributed by atoms with Crippen molar-refractivity contribution in [1.82, 2.24) is 10.6 Å². The molecule has 8 heteroatoms. The van der Waals surface area contributed by atoms with E-state index in [0.717, 1.165) is 41.9 Å². The van der Waals surface area contributed by atoms with Crippen molar-refractivity contribution in [2.45, 2.75) is 26.1 Å². The van der Waals surface area contributed by atoms with E-state index in [4.69, 9.17) is 9.47 Å². The van der Waals surface area contributed by atoms with Gasteiger partial charge in [0.05, 0.1) is 32.4 Å². The molecule has 4 aromatic rings. The van der Waals surface area contributed by atoms with Crippen LogP contribution in [0.5, 0.6) is 11.5 Å². The quantitative estimate of drug-likeness (QED) is 0.299. The van der Waals surface area contributed by atoms with Gasteiger partial charge in [0, 0.05) is 29.9 Å². The molecular weight excluding hydrogens is 528 g/mol. The lowest BCUT2D eigenvalue weighted by Gasteiger charge is -2.26. The molecule has 0 spiro atoms. The summed E-state index contributed by atoms with van der Waals surface area (Å²) in [6, 6.07) is 27.9.